The van der Waals surface area contributed by atoms with Gasteiger partial charge < -0.3 is 0 Å². The summed E-state index contributed by atoms with van der Waals surface area (Å²) in [6.07, 6.45) is 1.77. The molecule has 1 aromatic heterocycles. The highest BCUT2D eigenvalue weighted by Crippen LogP contribution is 2.23. The number of pyridine rings is 1. The Labute approximate surface area is 95.9 Å². The van der Waals surface area contributed by atoms with E-state index in [9.17, 15) is 9.59 Å². The Hall–Kier alpha value is -1.51. The van der Waals surface area contributed by atoms with Gasteiger partial charge in [0.05, 0.1) is 0 Å². The minimum Gasteiger partial charge on any atom is -0.291 e. The van der Waals surface area contributed by atoms with Crippen LogP contribution >= 0.6 is 0 Å². The van der Waals surface area contributed by atoms with E-state index < -0.39 is 0 Å². The molecule has 0 spiro atoms. The maximum atomic E-state index is 11.5. The summed E-state index contributed by atoms with van der Waals surface area (Å²) in [5.41, 5.74) is 1.94. The molecule has 0 radical (unpaired) electrons. The first-order chi connectivity index (χ1) is 7.43. The number of aromatic nitrogens is 1. The fourth-order valence-corrected chi connectivity index (χ4v) is 1.55. The Kier molecular flexibility index (Phi) is 3.93. The van der Waals surface area contributed by atoms with Crippen molar-refractivity contribution >= 4 is 11.6 Å². The summed E-state index contributed by atoms with van der Waals surface area (Å²) in [6.45, 7) is 6.97. The van der Waals surface area contributed by atoms with Gasteiger partial charge in [-0.15, -0.1) is 0 Å². The third-order valence-electron chi connectivity index (χ3n) is 2.91. The van der Waals surface area contributed by atoms with E-state index in [1.54, 1.807) is 13.1 Å². The van der Waals surface area contributed by atoms with Crippen molar-refractivity contribution in [2.45, 2.75) is 33.6 Å². The van der Waals surface area contributed by atoms with Gasteiger partial charge in [0.2, 0.25) is 5.78 Å². The molecule has 0 saturated heterocycles. The van der Waals surface area contributed by atoms with Crippen LogP contribution in [0.15, 0.2) is 18.3 Å². The van der Waals surface area contributed by atoms with E-state index >= 15 is 0 Å². The lowest BCUT2D eigenvalue weighted by Gasteiger charge is -2.17. The van der Waals surface area contributed by atoms with Crippen LogP contribution in [0.4, 0.5) is 0 Å². The van der Waals surface area contributed by atoms with Gasteiger partial charge in [-0.3, -0.25) is 14.6 Å². The van der Waals surface area contributed by atoms with E-state index in [4.69, 9.17) is 0 Å². The standard InChI is InChI=1S/C13H17NO2/c1-8-5-6-12(14-7-8)9(2)10(3)13(16)11(4)15/h5-7,9-10H,1-4H3. The van der Waals surface area contributed by atoms with Crippen LogP contribution in [0.3, 0.4) is 0 Å². The number of Topliss-reactive ketones (excluding diaryl/α,β-unsaturated/α-hetero) is 2. The van der Waals surface area contributed by atoms with Crippen LogP contribution in [0.2, 0.25) is 0 Å². The van der Waals surface area contributed by atoms with Crippen molar-refractivity contribution in [1.82, 2.24) is 4.98 Å². The first-order valence-corrected chi connectivity index (χ1v) is 5.40. The number of hydrogen-bond donors (Lipinski definition) is 0. The summed E-state index contributed by atoms with van der Waals surface area (Å²) < 4.78 is 0. The summed E-state index contributed by atoms with van der Waals surface area (Å²) in [5.74, 6) is -1.05. The molecule has 0 aromatic carbocycles. The Bertz CT molecular complexity index is 395. The maximum absolute atomic E-state index is 11.5. The number of rotatable bonds is 4. The predicted molar refractivity (Wildman–Crippen MR) is 62.2 cm³/mol. The zero-order valence-corrected chi connectivity index (χ0v) is 10.2. The van der Waals surface area contributed by atoms with Gasteiger partial charge in [-0.1, -0.05) is 19.9 Å². The highest BCUT2D eigenvalue weighted by molar-refractivity contribution is 6.37. The zero-order valence-electron chi connectivity index (χ0n) is 10.2. The third-order valence-corrected chi connectivity index (χ3v) is 2.91. The fourth-order valence-electron chi connectivity index (χ4n) is 1.55. The average Bonchev–Trinajstić information content (AvgIpc) is 2.27. The van der Waals surface area contributed by atoms with Crippen molar-refractivity contribution < 1.29 is 9.59 Å². The van der Waals surface area contributed by atoms with Crippen molar-refractivity contribution in [3.05, 3.63) is 29.6 Å². The molecule has 0 aliphatic carbocycles. The molecule has 1 aromatic rings. The second-order valence-electron chi connectivity index (χ2n) is 4.26. The largest absolute Gasteiger partial charge is 0.291 e. The SMILES string of the molecule is CC(=O)C(=O)C(C)C(C)c1ccc(C)cn1. The van der Waals surface area contributed by atoms with Crippen molar-refractivity contribution in [2.75, 3.05) is 0 Å². The molecule has 3 nitrogen and oxygen atoms in total. The number of aryl methyl sites for hydroxylation is 1. The molecular formula is C13H17NO2. The minimum absolute atomic E-state index is 0.0306. The minimum atomic E-state index is -0.383. The van der Waals surface area contributed by atoms with E-state index in [1.165, 1.54) is 6.92 Å². The molecule has 1 heterocycles. The van der Waals surface area contributed by atoms with Gasteiger partial charge in [0, 0.05) is 30.7 Å². The molecule has 0 aliphatic rings. The van der Waals surface area contributed by atoms with E-state index in [0.717, 1.165) is 11.3 Å². The maximum Gasteiger partial charge on any atom is 0.201 e. The molecule has 3 heteroatoms. The van der Waals surface area contributed by atoms with Crippen molar-refractivity contribution in [3.8, 4) is 0 Å². The lowest BCUT2D eigenvalue weighted by atomic mass is 9.87. The predicted octanol–water partition coefficient (Wildman–Crippen LogP) is 2.29. The van der Waals surface area contributed by atoms with Crippen LogP contribution in [0, 0.1) is 12.8 Å². The van der Waals surface area contributed by atoms with Crippen LogP contribution in [0.5, 0.6) is 0 Å². The van der Waals surface area contributed by atoms with E-state index in [1.807, 2.05) is 26.0 Å². The highest BCUT2D eigenvalue weighted by Gasteiger charge is 2.25. The quantitative estimate of drug-likeness (QED) is 0.730. The number of nitrogens with zero attached hydrogens (tertiary/aromatic N) is 1. The van der Waals surface area contributed by atoms with Gasteiger partial charge >= 0.3 is 0 Å². The van der Waals surface area contributed by atoms with Gasteiger partial charge in [-0.05, 0) is 18.6 Å². The lowest BCUT2D eigenvalue weighted by molar-refractivity contribution is -0.137. The molecule has 2 unspecified atom stereocenters. The van der Waals surface area contributed by atoms with E-state index in [0.29, 0.717) is 0 Å². The van der Waals surface area contributed by atoms with Crippen LogP contribution in [0.25, 0.3) is 0 Å². The number of carbonyl (C=O) groups is 2. The van der Waals surface area contributed by atoms with Crippen molar-refractivity contribution in [3.63, 3.8) is 0 Å². The van der Waals surface area contributed by atoms with Gasteiger partial charge in [0.1, 0.15) is 0 Å². The van der Waals surface area contributed by atoms with Crippen molar-refractivity contribution in [1.29, 1.82) is 0 Å². The molecule has 0 aliphatic heterocycles. The molecule has 0 saturated carbocycles. The first kappa shape index (κ1) is 12.6. The van der Waals surface area contributed by atoms with Crippen molar-refractivity contribution in [2.24, 2.45) is 5.92 Å². The smallest absolute Gasteiger partial charge is 0.201 e. The molecule has 1 rings (SSSR count). The van der Waals surface area contributed by atoms with E-state index in [-0.39, 0.29) is 23.4 Å². The molecule has 0 N–H and O–H groups in total. The topological polar surface area (TPSA) is 47.0 Å². The second-order valence-corrected chi connectivity index (χ2v) is 4.26. The second kappa shape index (κ2) is 5.01. The summed E-state index contributed by atoms with van der Waals surface area (Å²) in [6, 6.07) is 3.87. The summed E-state index contributed by atoms with van der Waals surface area (Å²) in [7, 11) is 0. The van der Waals surface area contributed by atoms with E-state index in [2.05, 4.69) is 4.98 Å². The third kappa shape index (κ3) is 2.75. The average molecular weight is 219 g/mol. The molecule has 0 amide bonds. The number of hydrogen-bond acceptors (Lipinski definition) is 3. The van der Waals surface area contributed by atoms with Gasteiger partial charge in [0.25, 0.3) is 0 Å². The number of ketones is 2. The zero-order chi connectivity index (χ0) is 12.3. The monoisotopic (exact) mass is 219 g/mol. The lowest BCUT2D eigenvalue weighted by Crippen LogP contribution is -2.24. The summed E-state index contributed by atoms with van der Waals surface area (Å²) in [5, 5.41) is 0. The Morgan fingerprint density at radius 2 is 1.88 bits per heavy atom. The van der Waals surface area contributed by atoms with Gasteiger partial charge in [-0.2, -0.15) is 0 Å². The summed E-state index contributed by atoms with van der Waals surface area (Å²) in [4.78, 5) is 26.8. The van der Waals surface area contributed by atoms with Crippen LogP contribution in [-0.4, -0.2) is 16.6 Å². The van der Waals surface area contributed by atoms with Gasteiger partial charge in [0.15, 0.2) is 5.78 Å². The summed E-state index contributed by atoms with van der Waals surface area (Å²) >= 11 is 0. The van der Waals surface area contributed by atoms with Crippen LogP contribution in [-0.2, 0) is 9.59 Å². The fraction of sp³-hybridized carbons (Fsp3) is 0.462. The Morgan fingerprint density at radius 1 is 1.25 bits per heavy atom. The highest BCUT2D eigenvalue weighted by atomic mass is 16.2. The Morgan fingerprint density at radius 3 is 2.31 bits per heavy atom. The normalized spacial score (nSPS) is 14.2. The number of carbonyl (C=O) groups excluding carboxylic acids is 2. The van der Waals surface area contributed by atoms with Gasteiger partial charge in [-0.25, -0.2) is 0 Å². The first-order valence-electron chi connectivity index (χ1n) is 5.40. The molecule has 0 fully saturated rings. The molecule has 16 heavy (non-hydrogen) atoms. The van der Waals surface area contributed by atoms with Crippen LogP contribution < -0.4 is 0 Å². The van der Waals surface area contributed by atoms with Crippen LogP contribution in [0.1, 0.15) is 37.9 Å². The molecular weight excluding hydrogens is 202 g/mol. The molecule has 0 bridgehead atoms. The molecule has 86 valence electrons. The molecule has 2 atom stereocenters. The Balaban J connectivity index is 2.85.